The Hall–Kier alpha value is -0.970. The van der Waals surface area contributed by atoms with E-state index in [1.807, 2.05) is 0 Å². The predicted octanol–water partition coefficient (Wildman–Crippen LogP) is 1.01. The summed E-state index contributed by atoms with van der Waals surface area (Å²) in [6.07, 6.45) is 5.65. The van der Waals surface area contributed by atoms with Crippen molar-refractivity contribution in [3.8, 4) is 0 Å². The Kier molecular flexibility index (Phi) is 2.26. The summed E-state index contributed by atoms with van der Waals surface area (Å²) in [6, 6.07) is 0. The van der Waals surface area contributed by atoms with E-state index in [9.17, 15) is 0 Å². The van der Waals surface area contributed by atoms with Crippen LogP contribution in [-0.2, 0) is 10.3 Å². The zero-order chi connectivity index (χ0) is 9.15. The van der Waals surface area contributed by atoms with Gasteiger partial charge in [-0.15, -0.1) is 10.2 Å². The number of nitrogens with one attached hydrogen (secondary N) is 1. The summed E-state index contributed by atoms with van der Waals surface area (Å²) in [4.78, 5) is 0. The van der Waals surface area contributed by atoms with Crippen molar-refractivity contribution in [1.82, 2.24) is 20.6 Å². The van der Waals surface area contributed by atoms with E-state index in [0.29, 0.717) is 5.82 Å². The van der Waals surface area contributed by atoms with E-state index >= 15 is 0 Å². The molecule has 1 heterocycles. The van der Waals surface area contributed by atoms with Crippen LogP contribution in [0.3, 0.4) is 0 Å². The molecule has 72 valence electrons. The summed E-state index contributed by atoms with van der Waals surface area (Å²) in [5.41, 5.74) is -0.273. The molecule has 0 spiro atoms. The Morgan fingerprint density at radius 1 is 1.31 bits per heavy atom. The van der Waals surface area contributed by atoms with Crippen LogP contribution >= 0.6 is 0 Å². The van der Waals surface area contributed by atoms with Gasteiger partial charge in [0.05, 0.1) is 0 Å². The van der Waals surface area contributed by atoms with Gasteiger partial charge in [0, 0.05) is 7.11 Å². The molecule has 5 nitrogen and oxygen atoms in total. The van der Waals surface area contributed by atoms with Gasteiger partial charge < -0.3 is 4.74 Å². The van der Waals surface area contributed by atoms with Crippen LogP contribution in [-0.4, -0.2) is 27.7 Å². The predicted molar refractivity (Wildman–Crippen MR) is 45.9 cm³/mol. The van der Waals surface area contributed by atoms with Gasteiger partial charge in [-0.1, -0.05) is 24.5 Å². The minimum Gasteiger partial charge on any atom is -0.370 e. The fourth-order valence-electron chi connectivity index (χ4n) is 2.00. The minimum absolute atomic E-state index is 0.273. The van der Waals surface area contributed by atoms with Gasteiger partial charge >= 0.3 is 0 Å². The lowest BCUT2D eigenvalue weighted by Gasteiger charge is -2.32. The van der Waals surface area contributed by atoms with Gasteiger partial charge in [-0.25, -0.2) is 0 Å². The molecule has 1 aromatic heterocycles. The molecule has 1 fully saturated rings. The third-order valence-electron chi connectivity index (χ3n) is 2.80. The Bertz CT molecular complexity index is 253. The average Bonchev–Trinajstić information content (AvgIpc) is 2.72. The maximum atomic E-state index is 5.54. The van der Waals surface area contributed by atoms with Gasteiger partial charge in [-0.05, 0) is 12.8 Å². The highest BCUT2D eigenvalue weighted by Gasteiger charge is 2.37. The number of hydrogen-bond acceptors (Lipinski definition) is 4. The first-order valence-electron chi connectivity index (χ1n) is 4.66. The average molecular weight is 182 g/mol. The Labute approximate surface area is 76.9 Å². The van der Waals surface area contributed by atoms with Crippen LogP contribution in [0.1, 0.15) is 37.9 Å². The fraction of sp³-hybridized carbons (Fsp3) is 0.875. The molecule has 5 heteroatoms. The van der Waals surface area contributed by atoms with E-state index in [0.717, 1.165) is 12.8 Å². The normalized spacial score (nSPS) is 21.6. The number of methoxy groups -OCH3 is 1. The number of aromatic amines is 1. The van der Waals surface area contributed by atoms with Crippen LogP contribution < -0.4 is 0 Å². The lowest BCUT2D eigenvalue weighted by molar-refractivity contribution is -0.0514. The molecule has 1 saturated carbocycles. The molecule has 0 aromatic carbocycles. The van der Waals surface area contributed by atoms with Crippen molar-refractivity contribution in [3.05, 3.63) is 5.82 Å². The standard InChI is InChI=1S/C8H14N4O/c1-13-8(5-3-2-4-6-8)7-9-11-12-10-7/h2-6H2,1H3,(H,9,10,11,12). The topological polar surface area (TPSA) is 63.7 Å². The lowest BCUT2D eigenvalue weighted by Crippen LogP contribution is -2.32. The quantitative estimate of drug-likeness (QED) is 0.741. The molecule has 0 aliphatic heterocycles. The van der Waals surface area contributed by atoms with Gasteiger partial charge in [0.25, 0.3) is 0 Å². The van der Waals surface area contributed by atoms with Crippen LogP contribution in [0.15, 0.2) is 0 Å². The number of nitrogens with zero attached hydrogens (tertiary/aromatic N) is 3. The zero-order valence-corrected chi connectivity index (χ0v) is 7.79. The van der Waals surface area contributed by atoms with Gasteiger partial charge in [0.2, 0.25) is 5.82 Å². The second-order valence-electron chi connectivity index (χ2n) is 3.49. The smallest absolute Gasteiger partial charge is 0.206 e. The largest absolute Gasteiger partial charge is 0.370 e. The van der Waals surface area contributed by atoms with Crippen LogP contribution in [0.2, 0.25) is 0 Å². The van der Waals surface area contributed by atoms with Crippen molar-refractivity contribution >= 4 is 0 Å². The lowest BCUT2D eigenvalue weighted by atomic mass is 9.84. The van der Waals surface area contributed by atoms with Crippen LogP contribution in [0.25, 0.3) is 0 Å². The van der Waals surface area contributed by atoms with E-state index < -0.39 is 0 Å². The fourth-order valence-corrected chi connectivity index (χ4v) is 2.00. The minimum atomic E-state index is -0.273. The first kappa shape index (κ1) is 8.62. The number of hydrogen-bond donors (Lipinski definition) is 1. The molecule has 0 saturated heterocycles. The van der Waals surface area contributed by atoms with Gasteiger partial charge in [0.1, 0.15) is 5.60 Å². The first-order chi connectivity index (χ1) is 6.37. The van der Waals surface area contributed by atoms with Crippen molar-refractivity contribution < 1.29 is 4.74 Å². The van der Waals surface area contributed by atoms with Gasteiger partial charge in [-0.2, -0.15) is 5.21 Å². The van der Waals surface area contributed by atoms with E-state index in [1.165, 1.54) is 19.3 Å². The number of ether oxygens (including phenoxy) is 1. The molecule has 0 radical (unpaired) electrons. The number of tetrazole rings is 1. The van der Waals surface area contributed by atoms with E-state index in [2.05, 4.69) is 20.6 Å². The first-order valence-corrected chi connectivity index (χ1v) is 4.66. The second-order valence-corrected chi connectivity index (χ2v) is 3.49. The van der Waals surface area contributed by atoms with Crippen molar-refractivity contribution in [2.24, 2.45) is 0 Å². The highest BCUT2D eigenvalue weighted by Crippen LogP contribution is 2.37. The zero-order valence-electron chi connectivity index (χ0n) is 7.79. The number of H-pyrrole nitrogens is 1. The molecule has 0 unspecified atom stereocenters. The van der Waals surface area contributed by atoms with Gasteiger partial charge in [-0.3, -0.25) is 0 Å². The van der Waals surface area contributed by atoms with Crippen molar-refractivity contribution in [3.63, 3.8) is 0 Å². The maximum absolute atomic E-state index is 5.54. The highest BCUT2D eigenvalue weighted by atomic mass is 16.5. The molecule has 1 N–H and O–H groups in total. The van der Waals surface area contributed by atoms with Crippen LogP contribution in [0.4, 0.5) is 0 Å². The molecule has 1 aliphatic carbocycles. The molecule has 1 aromatic rings. The number of rotatable bonds is 2. The highest BCUT2D eigenvalue weighted by molar-refractivity contribution is 5.00. The third kappa shape index (κ3) is 1.44. The summed E-state index contributed by atoms with van der Waals surface area (Å²) >= 11 is 0. The Morgan fingerprint density at radius 2 is 2.08 bits per heavy atom. The SMILES string of the molecule is COC1(c2nn[nH]n2)CCCCC1. The van der Waals surface area contributed by atoms with E-state index in [4.69, 9.17) is 4.74 Å². The molecular weight excluding hydrogens is 168 g/mol. The molecule has 1 aliphatic rings. The summed E-state index contributed by atoms with van der Waals surface area (Å²) in [6.45, 7) is 0. The summed E-state index contributed by atoms with van der Waals surface area (Å²) in [7, 11) is 1.72. The van der Waals surface area contributed by atoms with Crippen LogP contribution in [0.5, 0.6) is 0 Å². The van der Waals surface area contributed by atoms with Crippen molar-refractivity contribution in [1.29, 1.82) is 0 Å². The molecule has 0 atom stereocenters. The van der Waals surface area contributed by atoms with E-state index in [1.54, 1.807) is 7.11 Å². The molecule has 2 rings (SSSR count). The molecule has 13 heavy (non-hydrogen) atoms. The van der Waals surface area contributed by atoms with Crippen molar-refractivity contribution in [2.45, 2.75) is 37.7 Å². The summed E-state index contributed by atoms with van der Waals surface area (Å²) in [5.74, 6) is 0.703. The summed E-state index contributed by atoms with van der Waals surface area (Å²) in [5, 5.41) is 14.1. The third-order valence-corrected chi connectivity index (χ3v) is 2.80. The van der Waals surface area contributed by atoms with Crippen molar-refractivity contribution in [2.75, 3.05) is 7.11 Å². The summed E-state index contributed by atoms with van der Waals surface area (Å²) < 4.78 is 5.54. The molecule has 0 amide bonds. The van der Waals surface area contributed by atoms with Gasteiger partial charge in [0.15, 0.2) is 0 Å². The van der Waals surface area contributed by atoms with Crippen LogP contribution in [0, 0.1) is 0 Å². The Morgan fingerprint density at radius 3 is 2.62 bits per heavy atom. The second kappa shape index (κ2) is 3.41. The van der Waals surface area contributed by atoms with E-state index in [-0.39, 0.29) is 5.60 Å². The maximum Gasteiger partial charge on any atom is 0.206 e. The Balaban J connectivity index is 2.23. The monoisotopic (exact) mass is 182 g/mol. The molecular formula is C8H14N4O. The number of aromatic nitrogens is 4. The molecule has 0 bridgehead atoms.